The molecule has 6 aromatic carbocycles. The summed E-state index contributed by atoms with van der Waals surface area (Å²) in [5.41, 5.74) is 11.4. The topological polar surface area (TPSA) is 385 Å². The van der Waals surface area contributed by atoms with E-state index in [1.165, 1.54) is 90.4 Å². The Morgan fingerprint density at radius 1 is 0.533 bits per heavy atom. The molecule has 726 valence electrons. The van der Waals surface area contributed by atoms with Crippen LogP contribution in [0.4, 0.5) is 32.3 Å². The fourth-order valence-electron chi connectivity index (χ4n) is 18.6. The molecular weight excluding hydrogens is 1870 g/mol. The van der Waals surface area contributed by atoms with Gasteiger partial charge in [-0.25, -0.2) is 45.8 Å². The van der Waals surface area contributed by atoms with E-state index in [0.717, 1.165) is 122 Å². The van der Waals surface area contributed by atoms with Gasteiger partial charge in [0.15, 0.2) is 0 Å². The van der Waals surface area contributed by atoms with Crippen LogP contribution in [0, 0.1) is 37.0 Å². The normalized spacial score (nSPS) is 17.9. The van der Waals surface area contributed by atoms with Crippen molar-refractivity contribution in [3.63, 3.8) is 0 Å². The van der Waals surface area contributed by atoms with Gasteiger partial charge < -0.3 is 48.5 Å². The number of benzene rings is 6. The monoisotopic (exact) mass is 1980 g/mol. The number of H-pyrrole nitrogens is 2. The highest BCUT2D eigenvalue weighted by atomic mass is 35.5. The van der Waals surface area contributed by atoms with Gasteiger partial charge in [0.2, 0.25) is 0 Å². The number of methoxy groups -OCH3 is 2. The fraction of sp³-hybridized carbons (Fsp3) is 0.394. The van der Waals surface area contributed by atoms with Gasteiger partial charge in [0, 0.05) is 201 Å². The predicted octanol–water partition coefficient (Wildman–Crippen LogP) is 17.5. The molecule has 38 heteroatoms. The fourth-order valence-corrected chi connectivity index (χ4v) is 24.7. The second kappa shape index (κ2) is 42.8. The van der Waals surface area contributed by atoms with Gasteiger partial charge in [-0.1, -0.05) is 117 Å². The molecule has 1 atom stereocenters. The molecule has 4 amide bonds. The first-order valence-electron chi connectivity index (χ1n) is 45.7. The summed E-state index contributed by atoms with van der Waals surface area (Å²) in [5, 5.41) is 27.7. The number of nitrogens with one attached hydrogen (secondary N) is 4. The number of carbonyl (C=O) groups is 4. The van der Waals surface area contributed by atoms with Gasteiger partial charge >= 0.3 is 12.2 Å². The SMILES string of the molecule is C=S1(=NC(=O)OC)CCN(CCCc2ccc(S(=O)(=O)NC(=O)c3ccc(N4CCN(CC5=C(c6ccc(Cl)cc6)CC(C)(C)CC5)CC4)cc3Oc3cnc4[nH]ccc4c3)cc2[N+](=O)[O-])CC1.C=S1(=NC(=O)OC)CCN(C[C@H](C)Cc2ccc(S(=O)(=O)NC(=O)c3ccc(N4CCN(CC5=C(c6ccc(Cl)cc6)CC(C)(C)CC5)CC4)cc3Oc3cnc4[nH]ccc4c3)cc2[N+](=O)[O-])CC1. The maximum absolute atomic E-state index is 14.1. The Hall–Kier alpha value is -11.6. The van der Waals surface area contributed by atoms with Crippen molar-refractivity contribution in [2.75, 3.05) is 152 Å². The minimum Gasteiger partial charge on any atom is -0.455 e. The number of hydrogen-bond donors (Lipinski definition) is 4. The highest BCUT2D eigenvalue weighted by Gasteiger charge is 2.36. The Morgan fingerprint density at radius 2 is 0.942 bits per heavy atom. The number of hydrogen-bond acceptors (Lipinski definition) is 24. The second-order valence-electron chi connectivity index (χ2n) is 37.6. The molecule has 137 heavy (non-hydrogen) atoms. The van der Waals surface area contributed by atoms with Crippen LogP contribution in [0.3, 0.4) is 0 Å². The molecule has 16 rings (SSSR count). The van der Waals surface area contributed by atoms with Gasteiger partial charge in [-0.3, -0.25) is 39.6 Å². The van der Waals surface area contributed by atoms with E-state index in [2.05, 4.69) is 136 Å². The summed E-state index contributed by atoms with van der Waals surface area (Å²) in [6, 6.07) is 41.0. The number of fused-ring (bicyclic) bond motifs is 2. The molecule has 4 aromatic heterocycles. The van der Waals surface area contributed by atoms with Gasteiger partial charge in [0.1, 0.15) is 34.3 Å². The Kier molecular flexibility index (Phi) is 31.2. The zero-order chi connectivity index (χ0) is 97.3. The van der Waals surface area contributed by atoms with E-state index < -0.39 is 82.5 Å². The molecule has 0 spiro atoms. The third-order valence-electron chi connectivity index (χ3n) is 26.4. The number of rotatable bonds is 28. The van der Waals surface area contributed by atoms with E-state index in [9.17, 15) is 56.2 Å². The van der Waals surface area contributed by atoms with E-state index in [0.29, 0.717) is 142 Å². The first-order valence-corrected chi connectivity index (χ1v) is 53.6. The highest BCUT2D eigenvalue weighted by molar-refractivity contribution is 8.03. The minimum atomic E-state index is -4.60. The minimum absolute atomic E-state index is 0.0323. The van der Waals surface area contributed by atoms with Crippen LogP contribution in [0.2, 0.25) is 10.0 Å². The van der Waals surface area contributed by atoms with Crippen molar-refractivity contribution in [2.45, 2.75) is 102 Å². The summed E-state index contributed by atoms with van der Waals surface area (Å²) in [6.07, 6.45) is 12.8. The number of anilines is 2. The van der Waals surface area contributed by atoms with Crippen LogP contribution in [0.25, 0.3) is 33.2 Å². The highest BCUT2D eigenvalue weighted by Crippen LogP contribution is 2.46. The number of piperazine rings is 2. The van der Waals surface area contributed by atoms with E-state index in [1.54, 1.807) is 54.9 Å². The van der Waals surface area contributed by atoms with E-state index >= 15 is 0 Å². The van der Waals surface area contributed by atoms with E-state index in [-0.39, 0.29) is 50.7 Å². The summed E-state index contributed by atoms with van der Waals surface area (Å²) in [4.78, 5) is 103. The largest absolute Gasteiger partial charge is 0.455 e. The Bertz CT molecular complexity index is 6800. The Labute approximate surface area is 809 Å². The number of pyridine rings is 2. The summed E-state index contributed by atoms with van der Waals surface area (Å²) < 4.78 is 90.0. The molecule has 0 saturated carbocycles. The van der Waals surface area contributed by atoms with Crippen molar-refractivity contribution < 1.29 is 64.8 Å². The standard InChI is InChI=1S/C50H59ClN8O8S2.C49H57ClN8O8S2/c1-34(32-57-22-24-68(5,25-23-57)55-49(61)66-4)26-36-8-12-42(29-45(36)59(62)63)69(64,65)54-48(60)43-13-11-40(28-46(43)67-41-27-37-15-17-52-47(37)53-31-41)58-20-18-56(19-21-58)33-38-14-16-50(2,3)30-44(38)35-6-9-39(51)10-7-35;1-49(2)17-15-37(43(31-49)34-7-10-38(50)11-8-34)33-56-20-22-57(23-21-56)39-12-14-42(45(29-39)66-40-28-36-16-18-51-46(36)52-32-40)47(59)53-68(63,64)41-13-9-35(44(30-41)58(61)62)6-5-19-55-24-26-67(4,27-25-55)54-48(60)65-3/h6-13,15,17,27-29,31,34H,5,14,16,18-26,30,32-33H2,1-4H3,(H,52,53)(H,54,60);7-14,16,18,28-30,32H,4-6,15,17,19-27,31,33H2,1-3H3,(H,51,52)(H,53,59)/t34-;/m1./s1. The number of nitro benzene ring substituents is 2. The molecule has 0 unspecified atom stereocenters. The molecule has 4 saturated heterocycles. The van der Waals surface area contributed by atoms with Crippen molar-refractivity contribution in [2.24, 2.45) is 25.5 Å². The molecule has 4 N–H and O–H groups in total. The number of halogens is 2. The number of aryl methyl sites for hydroxylation is 1. The molecule has 6 aliphatic rings. The summed E-state index contributed by atoms with van der Waals surface area (Å²) in [6.45, 7) is 23.1. The Balaban J connectivity index is 0.000000208. The third-order valence-corrected chi connectivity index (χ3v) is 34.4. The number of carbonyl (C=O) groups excluding carboxylic acids is 4. The van der Waals surface area contributed by atoms with Crippen molar-refractivity contribution in [3.8, 4) is 23.0 Å². The van der Waals surface area contributed by atoms with Gasteiger partial charge in [0.05, 0.1) is 57.4 Å². The number of amides is 4. The summed E-state index contributed by atoms with van der Waals surface area (Å²) in [5.74, 6) is 9.87. The number of nitrogens with zero attached hydrogens (tertiary/aromatic N) is 12. The molecule has 32 nitrogen and oxygen atoms in total. The van der Waals surface area contributed by atoms with Crippen LogP contribution in [-0.4, -0.2) is 244 Å². The lowest BCUT2D eigenvalue weighted by Gasteiger charge is -2.39. The van der Waals surface area contributed by atoms with E-state index in [1.807, 2.05) is 43.3 Å². The quantitative estimate of drug-likeness (QED) is 0.0201. The van der Waals surface area contributed by atoms with E-state index in [4.69, 9.17) is 37.4 Å². The number of ether oxygens (including phenoxy) is 4. The van der Waals surface area contributed by atoms with Crippen molar-refractivity contribution in [1.82, 2.24) is 49.0 Å². The number of sulfonamides is 2. The van der Waals surface area contributed by atoms with Gasteiger partial charge in [-0.15, -0.1) is 18.8 Å². The van der Waals surface area contributed by atoms with Gasteiger partial charge in [0.25, 0.3) is 43.2 Å². The summed E-state index contributed by atoms with van der Waals surface area (Å²) in [7, 11) is -10.0. The average molecular weight is 1990 g/mol. The van der Waals surface area contributed by atoms with Gasteiger partial charge in [-0.2, -0.15) is 8.73 Å². The van der Waals surface area contributed by atoms with Crippen LogP contribution in [0.5, 0.6) is 23.0 Å². The zero-order valence-electron chi connectivity index (χ0n) is 78.0. The van der Waals surface area contributed by atoms with Crippen LogP contribution in [-0.2, 0) is 61.2 Å². The second-order valence-corrected chi connectivity index (χ2v) is 47.8. The maximum atomic E-state index is 14.1. The molecule has 10 aromatic rings. The lowest BCUT2D eigenvalue weighted by atomic mass is 9.72. The molecule has 0 bridgehead atoms. The molecule has 4 aliphatic heterocycles. The van der Waals surface area contributed by atoms with Crippen LogP contribution < -0.4 is 28.7 Å². The van der Waals surface area contributed by atoms with Crippen molar-refractivity contribution >= 4 is 154 Å². The summed E-state index contributed by atoms with van der Waals surface area (Å²) >= 11 is 12.5. The van der Waals surface area contributed by atoms with Crippen molar-refractivity contribution in [1.29, 1.82) is 0 Å². The lowest BCUT2D eigenvalue weighted by molar-refractivity contribution is -0.385. The predicted molar refractivity (Wildman–Crippen MR) is 542 cm³/mol. The molecule has 8 heterocycles. The third kappa shape index (κ3) is 25.5. The van der Waals surface area contributed by atoms with Gasteiger partial charge in [-0.05, 0) is 188 Å². The Morgan fingerprint density at radius 3 is 1.36 bits per heavy atom. The lowest BCUT2D eigenvalue weighted by Crippen LogP contribution is -2.47. The zero-order valence-corrected chi connectivity index (χ0v) is 82.7. The first-order chi connectivity index (χ1) is 65.3. The maximum Gasteiger partial charge on any atom is 0.438 e. The molecular formula is C99H116Cl2N16O16S4. The average Bonchev–Trinajstić information content (AvgIpc) is 0.955. The molecule has 0 radical (unpaired) electrons. The number of aromatic nitrogens is 4. The molecule has 2 aliphatic carbocycles. The smallest absolute Gasteiger partial charge is 0.438 e. The number of allylic oxidation sites excluding steroid dienone is 2. The molecule has 4 fully saturated rings. The number of aromatic amines is 2. The van der Waals surface area contributed by atoms with Crippen molar-refractivity contribution in [3.05, 3.63) is 245 Å². The number of nitro groups is 2. The van der Waals surface area contributed by atoms with Crippen LogP contribution in [0.1, 0.15) is 123 Å². The van der Waals surface area contributed by atoms with Crippen LogP contribution in [0.15, 0.2) is 200 Å². The van der Waals surface area contributed by atoms with Crippen LogP contribution >= 0.6 is 23.2 Å². The first kappa shape index (κ1) is 99.9.